The molecule has 9 aromatic rings. The fourth-order valence-electron chi connectivity index (χ4n) is 6.68. The summed E-state index contributed by atoms with van der Waals surface area (Å²) in [7, 11) is 0. The van der Waals surface area contributed by atoms with Crippen molar-refractivity contribution in [2.24, 2.45) is 0 Å². The smallest absolute Gasteiger partial charge is 0.135 e. The van der Waals surface area contributed by atoms with Crippen LogP contribution >= 0.6 is 11.3 Å². The van der Waals surface area contributed by atoms with Gasteiger partial charge in [-0.3, -0.25) is 0 Å². The van der Waals surface area contributed by atoms with Crippen molar-refractivity contribution in [2.75, 3.05) is 0 Å². The highest BCUT2D eigenvalue weighted by atomic mass is 32.1. The SMILES string of the molecule is c1ccc2c(-c3c4ccccc4c(-c4coc5ccc6sc7ccccc7c6c45)c4ccccc34)cccc2c1. The van der Waals surface area contributed by atoms with E-state index in [-0.39, 0.29) is 0 Å². The predicted octanol–water partition coefficient (Wildman–Crippen LogP) is 11.6. The van der Waals surface area contributed by atoms with Gasteiger partial charge in [-0.15, -0.1) is 11.3 Å². The van der Waals surface area contributed by atoms with Crippen LogP contribution in [0.25, 0.3) is 85.7 Å². The van der Waals surface area contributed by atoms with E-state index in [1.54, 1.807) is 0 Å². The molecule has 40 heavy (non-hydrogen) atoms. The first-order valence-electron chi connectivity index (χ1n) is 13.6. The van der Waals surface area contributed by atoms with Gasteiger partial charge in [0, 0.05) is 36.7 Å². The van der Waals surface area contributed by atoms with Gasteiger partial charge in [0.25, 0.3) is 0 Å². The zero-order valence-electron chi connectivity index (χ0n) is 21.5. The third-order valence-corrected chi connectivity index (χ3v) is 9.47. The molecule has 0 aliphatic rings. The fraction of sp³-hybridized carbons (Fsp3) is 0. The summed E-state index contributed by atoms with van der Waals surface area (Å²) < 4.78 is 8.90. The lowest BCUT2D eigenvalue weighted by Gasteiger charge is -2.18. The average molecular weight is 527 g/mol. The Balaban J connectivity index is 1.48. The molecule has 2 aromatic heterocycles. The molecule has 186 valence electrons. The van der Waals surface area contributed by atoms with Gasteiger partial charge in [-0.2, -0.15) is 0 Å². The van der Waals surface area contributed by atoms with Crippen molar-refractivity contribution in [3.8, 4) is 22.3 Å². The van der Waals surface area contributed by atoms with Gasteiger partial charge in [0.2, 0.25) is 0 Å². The molecule has 0 radical (unpaired) electrons. The molecule has 0 fully saturated rings. The van der Waals surface area contributed by atoms with Crippen molar-refractivity contribution in [1.82, 2.24) is 0 Å². The summed E-state index contributed by atoms with van der Waals surface area (Å²) in [5.74, 6) is 0. The van der Waals surface area contributed by atoms with E-state index >= 15 is 0 Å². The zero-order valence-corrected chi connectivity index (χ0v) is 22.3. The molecule has 0 saturated heterocycles. The minimum atomic E-state index is 0.928. The largest absolute Gasteiger partial charge is 0.464 e. The number of hydrogen-bond acceptors (Lipinski definition) is 2. The molecule has 0 N–H and O–H groups in total. The second kappa shape index (κ2) is 8.29. The Labute approximate surface area is 234 Å². The number of thiophene rings is 1. The molecule has 0 unspecified atom stereocenters. The molecule has 0 aliphatic heterocycles. The molecule has 0 bridgehead atoms. The van der Waals surface area contributed by atoms with E-state index in [9.17, 15) is 0 Å². The number of fused-ring (bicyclic) bond motifs is 8. The average Bonchev–Trinajstić information content (AvgIpc) is 3.61. The fourth-order valence-corrected chi connectivity index (χ4v) is 7.79. The Morgan fingerprint density at radius 3 is 1.70 bits per heavy atom. The molecular formula is C38H22OS. The van der Waals surface area contributed by atoms with Gasteiger partial charge in [-0.1, -0.05) is 109 Å². The van der Waals surface area contributed by atoms with Gasteiger partial charge in [0.1, 0.15) is 5.58 Å². The Morgan fingerprint density at radius 2 is 0.975 bits per heavy atom. The molecule has 0 amide bonds. The van der Waals surface area contributed by atoms with Crippen LogP contribution < -0.4 is 0 Å². The highest BCUT2D eigenvalue weighted by molar-refractivity contribution is 7.26. The molecule has 1 nitrogen and oxygen atoms in total. The normalized spacial score (nSPS) is 12.0. The minimum absolute atomic E-state index is 0.928. The molecular weight excluding hydrogens is 504 g/mol. The third kappa shape index (κ3) is 2.97. The lowest BCUT2D eigenvalue weighted by atomic mass is 9.84. The Bertz CT molecular complexity index is 2380. The molecule has 2 heteroatoms. The highest BCUT2D eigenvalue weighted by Gasteiger charge is 2.22. The van der Waals surface area contributed by atoms with Crippen LogP contribution in [0.15, 0.2) is 138 Å². The maximum Gasteiger partial charge on any atom is 0.135 e. The van der Waals surface area contributed by atoms with Crippen LogP contribution in [0.2, 0.25) is 0 Å². The molecule has 0 saturated carbocycles. The summed E-state index contributed by atoms with van der Waals surface area (Å²) in [6, 6.07) is 46.1. The van der Waals surface area contributed by atoms with Crippen molar-refractivity contribution in [2.45, 2.75) is 0 Å². The summed E-state index contributed by atoms with van der Waals surface area (Å²) >= 11 is 1.85. The topological polar surface area (TPSA) is 13.1 Å². The van der Waals surface area contributed by atoms with Gasteiger partial charge < -0.3 is 4.42 Å². The summed E-state index contributed by atoms with van der Waals surface area (Å²) in [5.41, 5.74) is 5.86. The van der Waals surface area contributed by atoms with Crippen LogP contribution in [0, 0.1) is 0 Å². The first kappa shape index (κ1) is 22.0. The van der Waals surface area contributed by atoms with Crippen LogP contribution in [-0.2, 0) is 0 Å². The summed E-state index contributed by atoms with van der Waals surface area (Å²) in [5, 5.41) is 11.3. The van der Waals surface area contributed by atoms with Gasteiger partial charge in [0.15, 0.2) is 0 Å². The second-order valence-electron chi connectivity index (χ2n) is 10.4. The number of rotatable bonds is 2. The molecule has 0 aliphatic carbocycles. The monoisotopic (exact) mass is 526 g/mol. The van der Waals surface area contributed by atoms with E-state index < -0.39 is 0 Å². The van der Waals surface area contributed by atoms with Crippen molar-refractivity contribution in [3.05, 3.63) is 134 Å². The van der Waals surface area contributed by atoms with Crippen LogP contribution in [0.1, 0.15) is 0 Å². The van der Waals surface area contributed by atoms with Crippen molar-refractivity contribution in [3.63, 3.8) is 0 Å². The van der Waals surface area contributed by atoms with Gasteiger partial charge in [-0.25, -0.2) is 0 Å². The molecule has 2 heterocycles. The van der Waals surface area contributed by atoms with Crippen LogP contribution in [-0.4, -0.2) is 0 Å². The van der Waals surface area contributed by atoms with Crippen LogP contribution in [0.4, 0.5) is 0 Å². The molecule has 0 spiro atoms. The number of furan rings is 1. The zero-order chi connectivity index (χ0) is 26.2. The maximum absolute atomic E-state index is 6.30. The Kier molecular flexibility index (Phi) is 4.55. The van der Waals surface area contributed by atoms with Crippen molar-refractivity contribution >= 4 is 74.8 Å². The predicted molar refractivity (Wildman–Crippen MR) is 172 cm³/mol. The van der Waals surface area contributed by atoms with Crippen molar-refractivity contribution in [1.29, 1.82) is 0 Å². The van der Waals surface area contributed by atoms with E-state index in [1.807, 2.05) is 17.6 Å². The van der Waals surface area contributed by atoms with Crippen LogP contribution in [0.5, 0.6) is 0 Å². The highest BCUT2D eigenvalue weighted by Crippen LogP contribution is 2.49. The quantitative estimate of drug-likeness (QED) is 0.204. The van der Waals surface area contributed by atoms with Gasteiger partial charge in [-0.05, 0) is 61.6 Å². The van der Waals surface area contributed by atoms with Crippen molar-refractivity contribution < 1.29 is 4.42 Å². The van der Waals surface area contributed by atoms with E-state index in [0.717, 1.165) is 11.1 Å². The van der Waals surface area contributed by atoms with E-state index in [0.29, 0.717) is 0 Å². The lowest BCUT2D eigenvalue weighted by Crippen LogP contribution is -1.91. The molecule has 0 atom stereocenters. The van der Waals surface area contributed by atoms with E-state index in [2.05, 4.69) is 127 Å². The first-order valence-corrected chi connectivity index (χ1v) is 14.4. The molecule has 9 rings (SSSR count). The lowest BCUT2D eigenvalue weighted by molar-refractivity contribution is 0.617. The maximum atomic E-state index is 6.30. The molecule has 7 aromatic carbocycles. The van der Waals surface area contributed by atoms with Gasteiger partial charge >= 0.3 is 0 Å². The Hall–Kier alpha value is -4.92. The summed E-state index contributed by atoms with van der Waals surface area (Å²) in [4.78, 5) is 0. The summed E-state index contributed by atoms with van der Waals surface area (Å²) in [6.07, 6.45) is 1.97. The number of hydrogen-bond donors (Lipinski definition) is 0. The standard InChI is InChI=1S/C38H22OS/c1-2-12-24-23(10-1)11-9-18-25(24)35-26-13-3-5-15-28(26)36(29-16-6-4-14-27(29)35)31-22-39-32-20-21-34-38(37(31)32)30-17-7-8-19-33(30)40-34/h1-22H. The third-order valence-electron chi connectivity index (χ3n) is 8.34. The number of benzene rings is 7. The van der Waals surface area contributed by atoms with Gasteiger partial charge in [0.05, 0.1) is 6.26 Å². The Morgan fingerprint density at radius 1 is 0.400 bits per heavy atom. The second-order valence-corrected chi connectivity index (χ2v) is 11.5. The van der Waals surface area contributed by atoms with E-state index in [1.165, 1.54) is 74.6 Å². The first-order chi connectivity index (χ1) is 19.9. The summed E-state index contributed by atoms with van der Waals surface area (Å²) in [6.45, 7) is 0. The van der Waals surface area contributed by atoms with Crippen LogP contribution in [0.3, 0.4) is 0 Å². The minimum Gasteiger partial charge on any atom is -0.464 e. The van der Waals surface area contributed by atoms with E-state index in [4.69, 9.17) is 4.42 Å².